The van der Waals surface area contributed by atoms with E-state index in [2.05, 4.69) is 29.3 Å². The summed E-state index contributed by atoms with van der Waals surface area (Å²) in [5.41, 5.74) is 3.25. The van der Waals surface area contributed by atoms with Crippen LogP contribution in [0.3, 0.4) is 0 Å². The first kappa shape index (κ1) is 9.90. The van der Waals surface area contributed by atoms with Crippen LogP contribution in [0, 0.1) is 0 Å². The van der Waals surface area contributed by atoms with E-state index in [4.69, 9.17) is 0 Å². The van der Waals surface area contributed by atoms with Crippen molar-refractivity contribution in [2.45, 2.75) is 19.8 Å². The summed E-state index contributed by atoms with van der Waals surface area (Å²) in [6, 6.07) is 10.2. The molecular weight excluding hydrogens is 186 g/mol. The van der Waals surface area contributed by atoms with Crippen molar-refractivity contribution < 1.29 is 0 Å². The van der Waals surface area contributed by atoms with Crippen molar-refractivity contribution in [2.24, 2.45) is 7.05 Å². The summed E-state index contributed by atoms with van der Waals surface area (Å²) in [5.74, 6) is 0. The van der Waals surface area contributed by atoms with Crippen LogP contribution in [0.2, 0.25) is 0 Å². The molecule has 1 aromatic heterocycles. The zero-order valence-corrected chi connectivity index (χ0v) is 9.14. The molecule has 0 aliphatic carbocycles. The number of benzene rings is 1. The van der Waals surface area contributed by atoms with Crippen LogP contribution in [0.1, 0.15) is 19.0 Å². The third-order valence-corrected chi connectivity index (χ3v) is 2.32. The molecule has 3 heteroatoms. The molecule has 0 radical (unpaired) electrons. The maximum Gasteiger partial charge on any atom is 0.116 e. The fourth-order valence-corrected chi connectivity index (χ4v) is 1.67. The second-order valence-corrected chi connectivity index (χ2v) is 3.60. The molecule has 0 saturated heterocycles. The standard InChI is InChI=1S/C12H15N3/c1-3-7-11-12(14-15(2)13-11)10-8-5-4-6-9-10/h4-6,8-9H,3,7H2,1-2H3. The lowest BCUT2D eigenvalue weighted by atomic mass is 10.1. The first-order valence-electron chi connectivity index (χ1n) is 5.27. The molecule has 0 N–H and O–H groups in total. The monoisotopic (exact) mass is 201 g/mol. The van der Waals surface area contributed by atoms with E-state index < -0.39 is 0 Å². The average molecular weight is 201 g/mol. The predicted molar refractivity (Wildman–Crippen MR) is 60.4 cm³/mol. The molecule has 2 rings (SSSR count). The largest absolute Gasteiger partial charge is 0.187 e. The van der Waals surface area contributed by atoms with Gasteiger partial charge in [0.15, 0.2) is 0 Å². The molecule has 0 amide bonds. The van der Waals surface area contributed by atoms with E-state index in [-0.39, 0.29) is 0 Å². The molecule has 0 atom stereocenters. The fourth-order valence-electron chi connectivity index (χ4n) is 1.67. The molecule has 0 unspecified atom stereocenters. The van der Waals surface area contributed by atoms with Crippen LogP contribution < -0.4 is 0 Å². The molecular formula is C12H15N3. The Kier molecular flexibility index (Phi) is 2.81. The summed E-state index contributed by atoms with van der Waals surface area (Å²) >= 11 is 0. The Morgan fingerprint density at radius 1 is 1.13 bits per heavy atom. The lowest BCUT2D eigenvalue weighted by Crippen LogP contribution is -1.92. The summed E-state index contributed by atoms with van der Waals surface area (Å²) in [7, 11) is 1.87. The molecule has 1 heterocycles. The maximum atomic E-state index is 4.41. The molecule has 0 spiro atoms. The molecule has 0 bridgehead atoms. The molecule has 3 nitrogen and oxygen atoms in total. The van der Waals surface area contributed by atoms with Gasteiger partial charge in [0.05, 0.1) is 5.69 Å². The van der Waals surface area contributed by atoms with Gasteiger partial charge in [-0.05, 0) is 6.42 Å². The topological polar surface area (TPSA) is 30.7 Å². The van der Waals surface area contributed by atoms with E-state index in [0.717, 1.165) is 29.8 Å². The van der Waals surface area contributed by atoms with Gasteiger partial charge in [-0.1, -0.05) is 43.7 Å². The summed E-state index contributed by atoms with van der Waals surface area (Å²) < 4.78 is 0. The average Bonchev–Trinajstić information content (AvgIpc) is 2.62. The quantitative estimate of drug-likeness (QED) is 0.763. The first-order chi connectivity index (χ1) is 7.31. The summed E-state index contributed by atoms with van der Waals surface area (Å²) in [6.45, 7) is 2.16. The highest BCUT2D eigenvalue weighted by Gasteiger charge is 2.09. The molecule has 0 saturated carbocycles. The predicted octanol–water partition coefficient (Wildman–Crippen LogP) is 2.43. The summed E-state index contributed by atoms with van der Waals surface area (Å²) in [5, 5.41) is 8.79. The number of aromatic nitrogens is 3. The maximum absolute atomic E-state index is 4.41. The van der Waals surface area contributed by atoms with Gasteiger partial charge in [-0.2, -0.15) is 15.0 Å². The van der Waals surface area contributed by atoms with Crippen LogP contribution >= 0.6 is 0 Å². The van der Waals surface area contributed by atoms with Gasteiger partial charge in [0.25, 0.3) is 0 Å². The van der Waals surface area contributed by atoms with Gasteiger partial charge in [-0.25, -0.2) is 0 Å². The lowest BCUT2D eigenvalue weighted by molar-refractivity contribution is 0.644. The van der Waals surface area contributed by atoms with Crippen LogP contribution in [-0.4, -0.2) is 15.0 Å². The number of rotatable bonds is 3. The minimum absolute atomic E-state index is 0.984. The van der Waals surface area contributed by atoms with E-state index >= 15 is 0 Å². The smallest absolute Gasteiger partial charge is 0.116 e. The molecule has 1 aromatic carbocycles. The minimum Gasteiger partial charge on any atom is -0.187 e. The summed E-state index contributed by atoms with van der Waals surface area (Å²) in [6.07, 6.45) is 2.08. The Labute approximate surface area is 89.7 Å². The van der Waals surface area contributed by atoms with Crippen LogP contribution in [0.4, 0.5) is 0 Å². The van der Waals surface area contributed by atoms with Gasteiger partial charge >= 0.3 is 0 Å². The van der Waals surface area contributed by atoms with Crippen LogP contribution in [-0.2, 0) is 13.5 Å². The van der Waals surface area contributed by atoms with Gasteiger partial charge in [-0.3, -0.25) is 0 Å². The fraction of sp³-hybridized carbons (Fsp3) is 0.333. The Morgan fingerprint density at radius 2 is 1.87 bits per heavy atom. The number of hydrogen-bond acceptors (Lipinski definition) is 2. The molecule has 0 aliphatic heterocycles. The van der Waals surface area contributed by atoms with Crippen molar-refractivity contribution in [3.63, 3.8) is 0 Å². The van der Waals surface area contributed by atoms with Crippen molar-refractivity contribution in [2.75, 3.05) is 0 Å². The van der Waals surface area contributed by atoms with Crippen molar-refractivity contribution in [3.8, 4) is 11.3 Å². The van der Waals surface area contributed by atoms with Gasteiger partial charge in [0, 0.05) is 12.6 Å². The third kappa shape index (κ3) is 2.06. The minimum atomic E-state index is 0.984. The van der Waals surface area contributed by atoms with Gasteiger partial charge in [0.2, 0.25) is 0 Å². The van der Waals surface area contributed by atoms with Crippen LogP contribution in [0.5, 0.6) is 0 Å². The van der Waals surface area contributed by atoms with E-state index in [9.17, 15) is 0 Å². The zero-order valence-electron chi connectivity index (χ0n) is 9.14. The highest BCUT2D eigenvalue weighted by atomic mass is 15.5. The van der Waals surface area contributed by atoms with Gasteiger partial charge in [-0.15, -0.1) is 0 Å². The van der Waals surface area contributed by atoms with Crippen molar-refractivity contribution in [1.29, 1.82) is 0 Å². The van der Waals surface area contributed by atoms with E-state index in [1.54, 1.807) is 4.80 Å². The zero-order chi connectivity index (χ0) is 10.7. The van der Waals surface area contributed by atoms with Crippen molar-refractivity contribution in [3.05, 3.63) is 36.0 Å². The molecule has 78 valence electrons. The highest BCUT2D eigenvalue weighted by molar-refractivity contribution is 5.60. The lowest BCUT2D eigenvalue weighted by Gasteiger charge is -1.98. The highest BCUT2D eigenvalue weighted by Crippen LogP contribution is 2.20. The number of nitrogens with zero attached hydrogens (tertiary/aromatic N) is 3. The Bertz CT molecular complexity index is 431. The summed E-state index contributed by atoms with van der Waals surface area (Å²) in [4.78, 5) is 1.65. The van der Waals surface area contributed by atoms with Gasteiger partial charge in [0.1, 0.15) is 5.69 Å². The van der Waals surface area contributed by atoms with Gasteiger partial charge < -0.3 is 0 Å². The van der Waals surface area contributed by atoms with Crippen molar-refractivity contribution in [1.82, 2.24) is 15.0 Å². The molecule has 15 heavy (non-hydrogen) atoms. The Morgan fingerprint density at radius 3 is 2.53 bits per heavy atom. The normalized spacial score (nSPS) is 10.5. The van der Waals surface area contributed by atoms with Crippen molar-refractivity contribution >= 4 is 0 Å². The molecule has 0 aliphatic rings. The van der Waals surface area contributed by atoms with E-state index in [1.165, 1.54) is 0 Å². The second-order valence-electron chi connectivity index (χ2n) is 3.60. The van der Waals surface area contributed by atoms with Crippen LogP contribution in [0.15, 0.2) is 30.3 Å². The Balaban J connectivity index is 2.43. The molecule has 2 aromatic rings. The molecule has 0 fully saturated rings. The second kappa shape index (κ2) is 4.26. The number of hydrogen-bond donors (Lipinski definition) is 0. The first-order valence-corrected chi connectivity index (χ1v) is 5.27. The Hall–Kier alpha value is -1.64. The van der Waals surface area contributed by atoms with Crippen LogP contribution in [0.25, 0.3) is 11.3 Å². The van der Waals surface area contributed by atoms with E-state index in [1.807, 2.05) is 25.2 Å². The van der Waals surface area contributed by atoms with E-state index in [0.29, 0.717) is 0 Å². The number of aryl methyl sites for hydroxylation is 2. The SMILES string of the molecule is CCCc1nn(C)nc1-c1ccccc1. The third-order valence-electron chi connectivity index (χ3n) is 2.32.